The van der Waals surface area contributed by atoms with Gasteiger partial charge in [0.1, 0.15) is 23.3 Å². The van der Waals surface area contributed by atoms with E-state index in [0.717, 1.165) is 16.5 Å². The van der Waals surface area contributed by atoms with Gasteiger partial charge in [-0.3, -0.25) is 4.79 Å². The topological polar surface area (TPSA) is 91.8 Å². The van der Waals surface area contributed by atoms with Gasteiger partial charge in [-0.05, 0) is 60.2 Å². The monoisotopic (exact) mass is 446 g/mol. The van der Waals surface area contributed by atoms with E-state index in [0.29, 0.717) is 34.5 Å². The summed E-state index contributed by atoms with van der Waals surface area (Å²) in [5.41, 5.74) is 2.19. The Morgan fingerprint density at radius 3 is 2.21 bits per heavy atom. The smallest absolute Gasteiger partial charge is 0.256 e. The summed E-state index contributed by atoms with van der Waals surface area (Å²) in [6.07, 6.45) is 1.72. The number of hydrogen-bond acceptors (Lipinski definition) is 6. The zero-order valence-corrected chi connectivity index (χ0v) is 18.5. The molecule has 7 heteroatoms. The Bertz CT molecular complexity index is 1450. The second-order valence-corrected chi connectivity index (χ2v) is 7.71. The third-order valence-electron chi connectivity index (χ3n) is 5.21. The summed E-state index contributed by atoms with van der Waals surface area (Å²) in [6, 6.07) is 28.5. The summed E-state index contributed by atoms with van der Waals surface area (Å²) in [5, 5.41) is 11.4. The number of nitrogens with zero attached hydrogens (tertiary/aromatic N) is 3. The van der Waals surface area contributed by atoms with Crippen LogP contribution < -0.4 is 16.0 Å². The Morgan fingerprint density at radius 1 is 0.706 bits per heavy atom. The van der Waals surface area contributed by atoms with Crippen LogP contribution in [0.15, 0.2) is 97.2 Å². The minimum atomic E-state index is -0.144. The molecule has 0 aliphatic rings. The number of aromatic nitrogens is 3. The lowest BCUT2D eigenvalue weighted by atomic mass is 10.0. The van der Waals surface area contributed by atoms with E-state index in [1.807, 2.05) is 97.9 Å². The SMILES string of the molecule is Cc1nc(Nc2ccc(NC(=O)c3cccc4ccccc34)cc2)cc(Nc2ccccn2)n1. The fourth-order valence-electron chi connectivity index (χ4n) is 3.67. The van der Waals surface area contributed by atoms with Crippen LogP contribution in [0.5, 0.6) is 0 Å². The third-order valence-corrected chi connectivity index (χ3v) is 5.21. The average Bonchev–Trinajstić information content (AvgIpc) is 2.85. The molecular formula is C27H22N6O. The summed E-state index contributed by atoms with van der Waals surface area (Å²) >= 11 is 0. The Kier molecular flexibility index (Phi) is 5.82. The molecule has 0 aliphatic heterocycles. The van der Waals surface area contributed by atoms with Crippen molar-refractivity contribution in [2.24, 2.45) is 0 Å². The highest BCUT2D eigenvalue weighted by atomic mass is 16.1. The number of hydrogen-bond donors (Lipinski definition) is 3. The van der Waals surface area contributed by atoms with Gasteiger partial charge in [-0.25, -0.2) is 15.0 Å². The van der Waals surface area contributed by atoms with Crippen LogP contribution in [0.1, 0.15) is 16.2 Å². The lowest BCUT2D eigenvalue weighted by Crippen LogP contribution is -2.12. The van der Waals surface area contributed by atoms with Crippen molar-refractivity contribution >= 4 is 45.5 Å². The molecule has 1 amide bonds. The molecule has 7 nitrogen and oxygen atoms in total. The maximum Gasteiger partial charge on any atom is 0.256 e. The van der Waals surface area contributed by atoms with E-state index >= 15 is 0 Å². The van der Waals surface area contributed by atoms with Crippen molar-refractivity contribution in [3.05, 3.63) is 109 Å². The number of carbonyl (C=O) groups excluding carboxylic acids is 1. The molecule has 2 heterocycles. The molecule has 0 bridgehead atoms. The van der Waals surface area contributed by atoms with E-state index in [4.69, 9.17) is 0 Å². The van der Waals surface area contributed by atoms with E-state index < -0.39 is 0 Å². The first-order valence-electron chi connectivity index (χ1n) is 10.8. The first-order valence-corrected chi connectivity index (χ1v) is 10.8. The van der Waals surface area contributed by atoms with Crippen molar-refractivity contribution in [3.63, 3.8) is 0 Å². The van der Waals surface area contributed by atoms with E-state index in [2.05, 4.69) is 30.9 Å². The number of amides is 1. The molecule has 0 radical (unpaired) electrons. The van der Waals surface area contributed by atoms with E-state index in [9.17, 15) is 4.79 Å². The van der Waals surface area contributed by atoms with Crippen LogP contribution in [0.2, 0.25) is 0 Å². The molecular weight excluding hydrogens is 424 g/mol. The maximum atomic E-state index is 12.9. The first-order chi connectivity index (χ1) is 16.6. The van der Waals surface area contributed by atoms with Gasteiger partial charge in [0.2, 0.25) is 0 Å². The predicted molar refractivity (Wildman–Crippen MR) is 136 cm³/mol. The summed E-state index contributed by atoms with van der Waals surface area (Å²) in [4.78, 5) is 26.0. The predicted octanol–water partition coefficient (Wildman–Crippen LogP) is 6.07. The van der Waals surface area contributed by atoms with E-state index in [1.165, 1.54) is 0 Å². The second kappa shape index (κ2) is 9.38. The Balaban J connectivity index is 1.29. The molecule has 0 fully saturated rings. The summed E-state index contributed by atoms with van der Waals surface area (Å²) in [5.74, 6) is 2.49. The average molecular weight is 447 g/mol. The molecule has 0 spiro atoms. The number of rotatable bonds is 6. The normalized spacial score (nSPS) is 10.6. The van der Waals surface area contributed by atoms with Gasteiger partial charge in [0.15, 0.2) is 0 Å². The number of benzene rings is 3. The highest BCUT2D eigenvalue weighted by Gasteiger charge is 2.10. The van der Waals surface area contributed by atoms with Gasteiger partial charge in [-0.15, -0.1) is 0 Å². The molecule has 0 saturated heterocycles. The molecule has 2 aromatic heterocycles. The molecule has 0 unspecified atom stereocenters. The summed E-state index contributed by atoms with van der Waals surface area (Å²) in [7, 11) is 0. The van der Waals surface area contributed by atoms with Crippen LogP contribution in [-0.2, 0) is 0 Å². The zero-order valence-electron chi connectivity index (χ0n) is 18.5. The van der Waals surface area contributed by atoms with Crippen molar-refractivity contribution in [1.29, 1.82) is 0 Å². The van der Waals surface area contributed by atoms with E-state index in [1.54, 1.807) is 6.20 Å². The van der Waals surface area contributed by atoms with Crippen LogP contribution in [0.4, 0.5) is 28.8 Å². The largest absolute Gasteiger partial charge is 0.340 e. The van der Waals surface area contributed by atoms with Crippen LogP contribution in [-0.4, -0.2) is 20.9 Å². The van der Waals surface area contributed by atoms with Crippen molar-refractivity contribution < 1.29 is 4.79 Å². The number of pyridine rings is 1. The van der Waals surface area contributed by atoms with E-state index in [-0.39, 0.29) is 5.91 Å². The van der Waals surface area contributed by atoms with Gasteiger partial charge in [0.05, 0.1) is 0 Å². The van der Waals surface area contributed by atoms with Gasteiger partial charge >= 0.3 is 0 Å². The van der Waals surface area contributed by atoms with Gasteiger partial charge in [-0.1, -0.05) is 42.5 Å². The number of carbonyl (C=O) groups is 1. The van der Waals surface area contributed by atoms with Crippen LogP contribution in [0.25, 0.3) is 10.8 Å². The molecule has 0 saturated carbocycles. The minimum Gasteiger partial charge on any atom is -0.340 e. The number of nitrogens with one attached hydrogen (secondary N) is 3. The Hall–Kier alpha value is -4.78. The lowest BCUT2D eigenvalue weighted by Gasteiger charge is -2.11. The lowest BCUT2D eigenvalue weighted by molar-refractivity contribution is 0.102. The first kappa shape index (κ1) is 21.1. The molecule has 166 valence electrons. The molecule has 0 aliphatic carbocycles. The minimum absolute atomic E-state index is 0.144. The van der Waals surface area contributed by atoms with Gasteiger partial charge in [-0.2, -0.15) is 0 Å². The number of aryl methyl sites for hydroxylation is 1. The molecule has 3 N–H and O–H groups in total. The van der Waals surface area contributed by atoms with Crippen molar-refractivity contribution in [2.45, 2.75) is 6.92 Å². The van der Waals surface area contributed by atoms with Crippen LogP contribution in [0.3, 0.4) is 0 Å². The standard InChI is InChI=1S/C27H22N6O/c1-18-29-25(17-26(30-18)33-24-11-4-5-16-28-24)31-20-12-14-21(15-13-20)32-27(34)23-10-6-8-19-7-2-3-9-22(19)23/h2-17H,1H3,(H,32,34)(H2,28,29,30,31,33). The third kappa shape index (κ3) is 4.83. The number of fused-ring (bicyclic) bond motifs is 1. The number of anilines is 5. The van der Waals surface area contributed by atoms with Crippen molar-refractivity contribution in [2.75, 3.05) is 16.0 Å². The highest BCUT2D eigenvalue weighted by molar-refractivity contribution is 6.12. The molecule has 5 rings (SSSR count). The summed E-state index contributed by atoms with van der Waals surface area (Å²) < 4.78 is 0. The fraction of sp³-hybridized carbons (Fsp3) is 0.0370. The van der Waals surface area contributed by atoms with Gasteiger partial charge < -0.3 is 16.0 Å². The highest BCUT2D eigenvalue weighted by Crippen LogP contribution is 2.23. The Morgan fingerprint density at radius 2 is 1.41 bits per heavy atom. The molecule has 3 aromatic carbocycles. The molecule has 0 atom stereocenters. The van der Waals surface area contributed by atoms with Crippen LogP contribution in [0, 0.1) is 6.92 Å². The van der Waals surface area contributed by atoms with Crippen molar-refractivity contribution in [1.82, 2.24) is 15.0 Å². The maximum absolute atomic E-state index is 12.9. The second-order valence-electron chi connectivity index (χ2n) is 7.71. The zero-order chi connectivity index (χ0) is 23.3. The quantitative estimate of drug-likeness (QED) is 0.293. The molecule has 34 heavy (non-hydrogen) atoms. The van der Waals surface area contributed by atoms with Crippen LogP contribution >= 0.6 is 0 Å². The van der Waals surface area contributed by atoms with Gasteiger partial charge in [0.25, 0.3) is 5.91 Å². The van der Waals surface area contributed by atoms with Gasteiger partial charge in [0, 0.05) is 29.2 Å². The summed E-state index contributed by atoms with van der Waals surface area (Å²) in [6.45, 7) is 1.83. The molecule has 5 aromatic rings. The Labute approximate surface area is 196 Å². The van der Waals surface area contributed by atoms with Crippen molar-refractivity contribution in [3.8, 4) is 0 Å². The fourth-order valence-corrected chi connectivity index (χ4v) is 3.67.